The number of nitriles is 1. The number of benzene rings is 1. The Balaban J connectivity index is 1.47. The fraction of sp³-hybridized carbons (Fsp3) is 0.478. The Morgan fingerprint density at radius 1 is 1.22 bits per heavy atom. The molecule has 2 heterocycles. The number of aromatic nitrogens is 2. The van der Waals surface area contributed by atoms with Crippen LogP contribution in [0.3, 0.4) is 0 Å². The van der Waals surface area contributed by atoms with Gasteiger partial charge in [0.2, 0.25) is 5.82 Å². The van der Waals surface area contributed by atoms with Gasteiger partial charge in [-0.05, 0) is 43.0 Å². The van der Waals surface area contributed by atoms with Crippen molar-refractivity contribution < 1.29 is 4.79 Å². The van der Waals surface area contributed by atoms with Gasteiger partial charge in [0.15, 0.2) is 0 Å². The van der Waals surface area contributed by atoms with Crippen LogP contribution in [0.25, 0.3) is 0 Å². The molecular formula is C23H28BN7O. The lowest BCUT2D eigenvalue weighted by atomic mass is 9.98. The number of nitrogens with zero attached hydrogens (tertiary/aromatic N) is 6. The summed E-state index contributed by atoms with van der Waals surface area (Å²) in [7, 11) is 8.26. The normalized spacial score (nSPS) is 17.8. The van der Waals surface area contributed by atoms with Gasteiger partial charge in [0, 0.05) is 44.5 Å². The summed E-state index contributed by atoms with van der Waals surface area (Å²) >= 11 is 0. The Hall–Kier alpha value is -2.96. The highest BCUT2D eigenvalue weighted by atomic mass is 16.2. The van der Waals surface area contributed by atoms with Crippen LogP contribution in [-0.2, 0) is 6.54 Å². The summed E-state index contributed by atoms with van der Waals surface area (Å²) < 4.78 is 0. The van der Waals surface area contributed by atoms with Gasteiger partial charge in [-0.1, -0.05) is 25.0 Å². The lowest BCUT2D eigenvalue weighted by Crippen LogP contribution is -2.50. The average molecular weight is 429 g/mol. The van der Waals surface area contributed by atoms with Crippen LogP contribution in [0, 0.1) is 11.3 Å². The van der Waals surface area contributed by atoms with E-state index in [1.54, 1.807) is 5.01 Å². The molecule has 1 aliphatic carbocycles. The molecule has 9 heteroatoms. The first-order valence-electron chi connectivity index (χ1n) is 11.2. The molecule has 32 heavy (non-hydrogen) atoms. The molecule has 164 valence electrons. The number of likely N-dealkylation sites (N-methyl/N-ethyl adjacent to an activating group) is 1. The number of nitrogens with one attached hydrogen (secondary N) is 1. The third kappa shape index (κ3) is 5.26. The maximum atomic E-state index is 13.1. The van der Waals surface area contributed by atoms with Crippen LogP contribution in [-0.4, -0.2) is 72.8 Å². The van der Waals surface area contributed by atoms with Gasteiger partial charge in [-0.15, -0.1) is 0 Å². The van der Waals surface area contributed by atoms with E-state index in [4.69, 9.17) is 7.85 Å². The minimum atomic E-state index is -0.223. The fourth-order valence-electron chi connectivity index (χ4n) is 4.31. The molecular weight excluding hydrogens is 401 g/mol. The zero-order chi connectivity index (χ0) is 22.5. The van der Waals surface area contributed by atoms with E-state index in [0.29, 0.717) is 16.8 Å². The van der Waals surface area contributed by atoms with Crippen LogP contribution in [0.4, 0.5) is 5.82 Å². The number of piperazine rings is 1. The molecule has 1 aromatic carbocycles. The molecule has 1 amide bonds. The van der Waals surface area contributed by atoms with Crippen LogP contribution in [0.2, 0.25) is 0 Å². The van der Waals surface area contributed by atoms with E-state index in [1.807, 2.05) is 30.3 Å². The van der Waals surface area contributed by atoms with Crippen molar-refractivity contribution in [3.8, 4) is 6.07 Å². The van der Waals surface area contributed by atoms with Crippen molar-refractivity contribution in [1.29, 1.82) is 5.26 Å². The fourth-order valence-corrected chi connectivity index (χ4v) is 4.31. The van der Waals surface area contributed by atoms with Gasteiger partial charge in [0.25, 0.3) is 5.91 Å². The number of anilines is 1. The SMILES string of the molecule is [B]c1cnc(C#N)nc1N(NC(=O)c1ccc(CN2CCN(C)CC2)cc1)C1CCCC1. The van der Waals surface area contributed by atoms with E-state index in [0.717, 1.165) is 58.4 Å². The van der Waals surface area contributed by atoms with Crippen LogP contribution < -0.4 is 15.9 Å². The molecule has 1 saturated heterocycles. The predicted octanol–water partition coefficient (Wildman–Crippen LogP) is 0.983. The van der Waals surface area contributed by atoms with Gasteiger partial charge in [-0.2, -0.15) is 5.26 Å². The highest BCUT2D eigenvalue weighted by Gasteiger charge is 2.27. The Morgan fingerprint density at radius 2 is 1.91 bits per heavy atom. The molecule has 2 radical (unpaired) electrons. The maximum Gasteiger partial charge on any atom is 0.269 e. The highest BCUT2D eigenvalue weighted by molar-refractivity contribution is 6.35. The third-order valence-electron chi connectivity index (χ3n) is 6.25. The van der Waals surface area contributed by atoms with E-state index in [1.165, 1.54) is 11.8 Å². The second-order valence-electron chi connectivity index (χ2n) is 8.61. The molecule has 4 rings (SSSR count). The van der Waals surface area contributed by atoms with Gasteiger partial charge in [0.1, 0.15) is 19.7 Å². The summed E-state index contributed by atoms with van der Waals surface area (Å²) in [5.74, 6) is 0.183. The molecule has 8 nitrogen and oxygen atoms in total. The zero-order valence-electron chi connectivity index (χ0n) is 18.5. The largest absolute Gasteiger partial charge is 0.304 e. The Labute approximate surface area is 190 Å². The van der Waals surface area contributed by atoms with Gasteiger partial charge in [0.05, 0.1) is 6.04 Å². The molecule has 0 atom stereocenters. The zero-order valence-corrected chi connectivity index (χ0v) is 18.5. The number of hydrazine groups is 1. The van der Waals surface area contributed by atoms with E-state index in [2.05, 4.69) is 32.2 Å². The Kier molecular flexibility index (Phi) is 7.03. The lowest BCUT2D eigenvalue weighted by molar-refractivity contribution is 0.0944. The average Bonchev–Trinajstić information content (AvgIpc) is 3.35. The standard InChI is InChI=1S/C23H28BN7O/c1-29-10-12-30(13-11-29)16-17-6-8-18(9-7-17)23(32)28-31(19-4-2-3-5-19)22-20(24)15-26-21(14-25)27-22/h6-9,15,19H,2-5,10-13,16H2,1H3,(H,28,32). The maximum absolute atomic E-state index is 13.1. The summed E-state index contributed by atoms with van der Waals surface area (Å²) in [5, 5.41) is 10.9. The summed E-state index contributed by atoms with van der Waals surface area (Å²) in [6.07, 6.45) is 5.43. The summed E-state index contributed by atoms with van der Waals surface area (Å²) in [4.78, 5) is 26.0. The summed E-state index contributed by atoms with van der Waals surface area (Å²) in [6.45, 7) is 5.16. The molecule has 0 bridgehead atoms. The monoisotopic (exact) mass is 429 g/mol. The first-order chi connectivity index (χ1) is 15.5. The van der Waals surface area contributed by atoms with E-state index in [9.17, 15) is 10.1 Å². The first kappa shape index (κ1) is 22.2. The topological polar surface area (TPSA) is 88.4 Å². The van der Waals surface area contributed by atoms with E-state index in [-0.39, 0.29) is 17.8 Å². The van der Waals surface area contributed by atoms with Crippen molar-refractivity contribution in [2.75, 3.05) is 38.2 Å². The van der Waals surface area contributed by atoms with Crippen LogP contribution in [0.1, 0.15) is 47.4 Å². The number of amides is 1. The molecule has 1 N–H and O–H groups in total. The van der Waals surface area contributed by atoms with Gasteiger partial charge < -0.3 is 4.90 Å². The molecule has 1 aliphatic heterocycles. The number of carbonyl (C=O) groups excluding carboxylic acids is 1. The molecule has 1 aromatic heterocycles. The van der Waals surface area contributed by atoms with E-state index >= 15 is 0 Å². The number of hydrogen-bond acceptors (Lipinski definition) is 7. The minimum absolute atomic E-state index is 0.0275. The molecule has 0 unspecified atom stereocenters. The molecule has 1 saturated carbocycles. The van der Waals surface area contributed by atoms with Crippen molar-refractivity contribution in [2.45, 2.75) is 38.3 Å². The Morgan fingerprint density at radius 3 is 2.56 bits per heavy atom. The van der Waals surface area contributed by atoms with Crippen molar-refractivity contribution in [1.82, 2.24) is 25.2 Å². The van der Waals surface area contributed by atoms with Crippen LogP contribution in [0.15, 0.2) is 30.5 Å². The summed E-state index contributed by atoms with van der Waals surface area (Å²) in [5.41, 5.74) is 5.08. The molecule has 0 spiro atoms. The van der Waals surface area contributed by atoms with Crippen molar-refractivity contribution in [3.05, 3.63) is 47.4 Å². The molecule has 2 fully saturated rings. The predicted molar refractivity (Wildman–Crippen MR) is 124 cm³/mol. The van der Waals surface area contributed by atoms with Gasteiger partial charge in [-0.3, -0.25) is 20.1 Å². The van der Waals surface area contributed by atoms with Crippen molar-refractivity contribution in [3.63, 3.8) is 0 Å². The number of hydrogen-bond donors (Lipinski definition) is 1. The second kappa shape index (κ2) is 10.1. The van der Waals surface area contributed by atoms with Crippen LogP contribution >= 0.6 is 0 Å². The van der Waals surface area contributed by atoms with Crippen molar-refractivity contribution in [2.24, 2.45) is 0 Å². The highest BCUT2D eigenvalue weighted by Crippen LogP contribution is 2.25. The third-order valence-corrected chi connectivity index (χ3v) is 6.25. The number of rotatable bonds is 6. The Bertz CT molecular complexity index is 977. The van der Waals surface area contributed by atoms with Crippen molar-refractivity contribution >= 4 is 25.0 Å². The quantitative estimate of drug-likeness (QED) is 0.541. The molecule has 2 aliphatic rings. The minimum Gasteiger partial charge on any atom is -0.304 e. The van der Waals surface area contributed by atoms with Crippen LogP contribution in [0.5, 0.6) is 0 Å². The second-order valence-corrected chi connectivity index (χ2v) is 8.61. The van der Waals surface area contributed by atoms with Gasteiger partial charge >= 0.3 is 0 Å². The smallest absolute Gasteiger partial charge is 0.269 e. The van der Waals surface area contributed by atoms with E-state index < -0.39 is 0 Å². The summed E-state index contributed by atoms with van der Waals surface area (Å²) in [6, 6.07) is 9.77. The number of carbonyl (C=O) groups is 1. The van der Waals surface area contributed by atoms with Gasteiger partial charge in [-0.25, -0.2) is 9.97 Å². The first-order valence-corrected chi connectivity index (χ1v) is 11.2. The lowest BCUT2D eigenvalue weighted by Gasteiger charge is -2.32. The molecule has 2 aromatic rings.